The number of thiocarbonyl (C=S) groups is 1. The van der Waals surface area contributed by atoms with Crippen LogP contribution in [0.3, 0.4) is 0 Å². The second kappa shape index (κ2) is 10.1. The first-order chi connectivity index (χ1) is 13.5. The highest BCUT2D eigenvalue weighted by atomic mass is 32.2. The van der Waals surface area contributed by atoms with Crippen LogP contribution in [0, 0.1) is 0 Å². The molecule has 1 atom stereocenters. The van der Waals surface area contributed by atoms with Crippen LogP contribution in [-0.4, -0.2) is 37.8 Å². The van der Waals surface area contributed by atoms with Gasteiger partial charge in [0.2, 0.25) is 11.8 Å². The number of rotatable bonds is 9. The normalized spacial score (nSPS) is 16.6. The van der Waals surface area contributed by atoms with Gasteiger partial charge >= 0.3 is 0 Å². The lowest BCUT2D eigenvalue weighted by atomic mass is 10.1. The van der Waals surface area contributed by atoms with Crippen molar-refractivity contribution < 1.29 is 9.59 Å². The molecule has 2 amide bonds. The van der Waals surface area contributed by atoms with Crippen molar-refractivity contribution in [2.24, 2.45) is 0 Å². The number of anilines is 1. The number of unbranched alkanes of at least 4 members (excludes halogenated alkanes) is 2. The average Bonchev–Trinajstić information content (AvgIpc) is 3.20. The van der Waals surface area contributed by atoms with E-state index in [-0.39, 0.29) is 17.1 Å². The van der Waals surface area contributed by atoms with Crippen LogP contribution in [0.2, 0.25) is 0 Å². The van der Waals surface area contributed by atoms with Crippen molar-refractivity contribution in [3.8, 4) is 0 Å². The van der Waals surface area contributed by atoms with Crippen molar-refractivity contribution in [1.29, 1.82) is 0 Å². The topological polar surface area (TPSA) is 62.3 Å². The molecular weight excluding hydrogens is 410 g/mol. The SMILES string of the molecule is CC1SC(=S)N(CCCCCC(=O)Nc2ncc(Cc3ccccc3)s2)C1=O. The predicted octanol–water partition coefficient (Wildman–Crippen LogP) is 4.48. The molecule has 1 aliphatic heterocycles. The van der Waals surface area contributed by atoms with Gasteiger partial charge in [-0.3, -0.25) is 14.5 Å². The fourth-order valence-corrected chi connectivity index (χ4v) is 5.25. The van der Waals surface area contributed by atoms with E-state index < -0.39 is 0 Å². The van der Waals surface area contributed by atoms with Gasteiger partial charge < -0.3 is 5.32 Å². The molecule has 2 aromatic rings. The van der Waals surface area contributed by atoms with E-state index >= 15 is 0 Å². The Morgan fingerprint density at radius 1 is 1.25 bits per heavy atom. The van der Waals surface area contributed by atoms with E-state index in [2.05, 4.69) is 22.4 Å². The van der Waals surface area contributed by atoms with E-state index in [0.717, 1.165) is 30.6 Å². The number of carbonyl (C=O) groups is 2. The molecule has 1 aromatic carbocycles. The van der Waals surface area contributed by atoms with Gasteiger partial charge in [0.05, 0.1) is 5.25 Å². The van der Waals surface area contributed by atoms with Gasteiger partial charge in [-0.1, -0.05) is 60.7 Å². The van der Waals surface area contributed by atoms with Gasteiger partial charge in [0.25, 0.3) is 0 Å². The summed E-state index contributed by atoms with van der Waals surface area (Å²) in [6, 6.07) is 10.2. The molecule has 1 aliphatic rings. The zero-order chi connectivity index (χ0) is 19.9. The third kappa shape index (κ3) is 5.86. The van der Waals surface area contributed by atoms with Crippen molar-refractivity contribution in [1.82, 2.24) is 9.88 Å². The Labute approximate surface area is 178 Å². The van der Waals surface area contributed by atoms with Gasteiger partial charge in [0.15, 0.2) is 5.13 Å². The quantitative estimate of drug-likeness (QED) is 0.467. The maximum Gasteiger partial charge on any atom is 0.241 e. The fourth-order valence-electron chi connectivity index (χ4n) is 2.93. The second-order valence-electron chi connectivity index (χ2n) is 6.67. The molecule has 1 aromatic heterocycles. The summed E-state index contributed by atoms with van der Waals surface area (Å²) in [6.07, 6.45) is 5.62. The van der Waals surface area contributed by atoms with Crippen LogP contribution >= 0.6 is 35.3 Å². The highest BCUT2D eigenvalue weighted by Crippen LogP contribution is 2.27. The molecule has 0 bridgehead atoms. The smallest absolute Gasteiger partial charge is 0.241 e. The van der Waals surface area contributed by atoms with Gasteiger partial charge in [-0.25, -0.2) is 4.98 Å². The number of nitrogens with one attached hydrogen (secondary N) is 1. The largest absolute Gasteiger partial charge is 0.302 e. The molecule has 3 rings (SSSR count). The number of hydrogen-bond donors (Lipinski definition) is 1. The van der Waals surface area contributed by atoms with E-state index in [1.165, 1.54) is 28.7 Å². The van der Waals surface area contributed by atoms with Crippen LogP contribution in [0.4, 0.5) is 5.13 Å². The summed E-state index contributed by atoms with van der Waals surface area (Å²) in [5.74, 6) is 0.0837. The lowest BCUT2D eigenvalue weighted by molar-refractivity contribution is -0.125. The van der Waals surface area contributed by atoms with Crippen molar-refractivity contribution >= 4 is 56.6 Å². The van der Waals surface area contributed by atoms with E-state index in [9.17, 15) is 9.59 Å². The minimum atomic E-state index is -0.0663. The molecule has 28 heavy (non-hydrogen) atoms. The first-order valence-electron chi connectivity index (χ1n) is 9.33. The summed E-state index contributed by atoms with van der Waals surface area (Å²) < 4.78 is 0.672. The lowest BCUT2D eigenvalue weighted by Crippen LogP contribution is -2.31. The second-order valence-corrected chi connectivity index (χ2v) is 9.76. The van der Waals surface area contributed by atoms with E-state index in [1.807, 2.05) is 31.3 Å². The fraction of sp³-hybridized carbons (Fsp3) is 0.400. The van der Waals surface area contributed by atoms with Gasteiger partial charge in [-0.15, -0.1) is 11.3 Å². The Bertz CT molecular complexity index is 838. The van der Waals surface area contributed by atoms with Crippen molar-refractivity contribution in [3.05, 3.63) is 47.0 Å². The number of benzene rings is 1. The Kier molecular flexibility index (Phi) is 7.58. The zero-order valence-electron chi connectivity index (χ0n) is 15.7. The number of thiazole rings is 1. The summed E-state index contributed by atoms with van der Waals surface area (Å²) in [7, 11) is 0. The van der Waals surface area contributed by atoms with E-state index in [4.69, 9.17) is 12.2 Å². The molecule has 0 radical (unpaired) electrons. The van der Waals surface area contributed by atoms with E-state index in [0.29, 0.717) is 22.4 Å². The summed E-state index contributed by atoms with van der Waals surface area (Å²) in [5, 5.41) is 3.46. The average molecular weight is 434 g/mol. The number of aromatic nitrogens is 1. The number of nitrogens with zero attached hydrogens (tertiary/aromatic N) is 2. The number of hydrogen-bond acceptors (Lipinski definition) is 6. The van der Waals surface area contributed by atoms with Crippen LogP contribution in [-0.2, 0) is 16.0 Å². The maximum atomic E-state index is 12.1. The lowest BCUT2D eigenvalue weighted by Gasteiger charge is -2.14. The number of thioether (sulfide) groups is 1. The van der Waals surface area contributed by atoms with Gasteiger partial charge in [0, 0.05) is 30.5 Å². The van der Waals surface area contributed by atoms with Crippen LogP contribution in [0.15, 0.2) is 36.5 Å². The molecule has 1 fully saturated rings. The zero-order valence-corrected chi connectivity index (χ0v) is 18.2. The molecule has 1 unspecified atom stereocenters. The summed E-state index contributed by atoms with van der Waals surface area (Å²) in [5.41, 5.74) is 1.23. The van der Waals surface area contributed by atoms with Gasteiger partial charge in [-0.2, -0.15) is 0 Å². The summed E-state index contributed by atoms with van der Waals surface area (Å²) in [6.45, 7) is 2.53. The summed E-state index contributed by atoms with van der Waals surface area (Å²) in [4.78, 5) is 31.2. The molecule has 148 valence electrons. The first kappa shape index (κ1) is 21.0. The molecule has 0 spiro atoms. The Morgan fingerprint density at radius 3 is 2.75 bits per heavy atom. The first-order valence-corrected chi connectivity index (χ1v) is 11.4. The van der Waals surface area contributed by atoms with Crippen LogP contribution in [0.25, 0.3) is 0 Å². The van der Waals surface area contributed by atoms with Crippen LogP contribution < -0.4 is 5.32 Å². The third-order valence-electron chi connectivity index (χ3n) is 4.42. The predicted molar refractivity (Wildman–Crippen MR) is 120 cm³/mol. The molecular formula is C20H23N3O2S3. The van der Waals surface area contributed by atoms with Crippen LogP contribution in [0.1, 0.15) is 43.0 Å². The molecule has 1 N–H and O–H groups in total. The molecule has 1 saturated heterocycles. The Hall–Kier alpha value is -1.77. The minimum absolute atomic E-state index is 0.0161. The molecule has 8 heteroatoms. The van der Waals surface area contributed by atoms with E-state index in [1.54, 1.807) is 4.90 Å². The molecule has 0 saturated carbocycles. The highest BCUT2D eigenvalue weighted by Gasteiger charge is 2.32. The number of carbonyl (C=O) groups excluding carboxylic acids is 2. The third-order valence-corrected chi connectivity index (χ3v) is 6.82. The molecule has 0 aliphatic carbocycles. The van der Waals surface area contributed by atoms with Crippen molar-refractivity contribution in [3.63, 3.8) is 0 Å². The minimum Gasteiger partial charge on any atom is -0.302 e. The number of amides is 2. The van der Waals surface area contributed by atoms with Crippen molar-refractivity contribution in [2.75, 3.05) is 11.9 Å². The van der Waals surface area contributed by atoms with Crippen LogP contribution in [0.5, 0.6) is 0 Å². The standard InChI is InChI=1S/C20H23N3O2S3/c1-14-18(25)23(20(26)27-14)11-7-3-6-10-17(24)22-19-21-13-16(28-19)12-15-8-4-2-5-9-15/h2,4-5,8-9,13-14H,3,6-7,10-12H2,1H3,(H,21,22,24). The maximum absolute atomic E-state index is 12.1. The highest BCUT2D eigenvalue weighted by molar-refractivity contribution is 8.24. The Balaban J connectivity index is 1.34. The van der Waals surface area contributed by atoms with Gasteiger partial charge in [-0.05, 0) is 25.3 Å². The van der Waals surface area contributed by atoms with Crippen molar-refractivity contribution in [2.45, 2.75) is 44.3 Å². The summed E-state index contributed by atoms with van der Waals surface area (Å²) >= 11 is 8.19. The molecule has 2 heterocycles. The monoisotopic (exact) mass is 433 g/mol. The molecule has 5 nitrogen and oxygen atoms in total. The Morgan fingerprint density at radius 2 is 2.04 bits per heavy atom. The van der Waals surface area contributed by atoms with Gasteiger partial charge in [0.1, 0.15) is 4.32 Å².